The van der Waals surface area contributed by atoms with Crippen LogP contribution in [-0.2, 0) is 19.1 Å². The van der Waals surface area contributed by atoms with Crippen LogP contribution < -0.4 is 0 Å². The molecule has 0 amide bonds. The fraction of sp³-hybridized carbons (Fsp3) is 0.947. The van der Waals surface area contributed by atoms with Crippen LogP contribution in [0.4, 0.5) is 0 Å². The van der Waals surface area contributed by atoms with E-state index >= 15 is 0 Å². The molecular weight excluding hydrogens is 536 g/mol. The van der Waals surface area contributed by atoms with Gasteiger partial charge in [-0.15, -0.1) is 0 Å². The minimum atomic E-state index is -0.953. The maximum atomic E-state index is 11.9. The highest BCUT2D eigenvalue weighted by atomic mass is 16.6. The molecule has 43 heavy (non-hydrogen) atoms. The smallest absolute Gasteiger partial charge is 0.305 e. The Morgan fingerprint density at radius 2 is 0.605 bits per heavy atom. The predicted octanol–water partition coefficient (Wildman–Crippen LogP) is 11.6. The van der Waals surface area contributed by atoms with Crippen molar-refractivity contribution >= 4 is 11.9 Å². The molecule has 0 aliphatic carbocycles. The third-order valence-corrected chi connectivity index (χ3v) is 8.59. The highest BCUT2D eigenvalue weighted by molar-refractivity contribution is 5.69. The van der Waals surface area contributed by atoms with Crippen LogP contribution in [0.15, 0.2) is 0 Å². The van der Waals surface area contributed by atoms with Crippen molar-refractivity contribution in [3.8, 4) is 0 Å². The van der Waals surface area contributed by atoms with Crippen molar-refractivity contribution < 1.29 is 24.2 Å². The first-order valence-corrected chi connectivity index (χ1v) is 19.1. The van der Waals surface area contributed by atoms with Crippen LogP contribution >= 0.6 is 0 Å². The van der Waals surface area contributed by atoms with Gasteiger partial charge in [-0.05, 0) is 12.8 Å². The van der Waals surface area contributed by atoms with Crippen LogP contribution in [0.1, 0.15) is 213 Å². The number of esters is 2. The summed E-state index contributed by atoms with van der Waals surface area (Å²) < 4.78 is 10.3. The SMILES string of the molecule is CCCCCCCCCCCCCCCCCCC(=O)OC[C@H](O)COC(=O)CCCCCCCCCCCCCCC. The third-order valence-electron chi connectivity index (χ3n) is 8.59. The standard InChI is InChI=1S/C38H74O5/c1-3-5-7-9-11-13-15-17-18-19-21-23-25-27-29-31-33-38(41)43-35-36(39)34-42-37(40)32-30-28-26-24-22-20-16-14-12-10-8-6-4-2/h36,39H,3-35H2,1-2H3/t36-/m1/s1. The molecule has 0 aromatic rings. The van der Waals surface area contributed by atoms with Crippen molar-refractivity contribution in [2.75, 3.05) is 13.2 Å². The maximum Gasteiger partial charge on any atom is 0.305 e. The highest BCUT2D eigenvalue weighted by Gasteiger charge is 2.12. The van der Waals surface area contributed by atoms with E-state index in [4.69, 9.17) is 9.47 Å². The molecule has 0 fully saturated rings. The van der Waals surface area contributed by atoms with Crippen molar-refractivity contribution in [3.63, 3.8) is 0 Å². The van der Waals surface area contributed by atoms with Crippen molar-refractivity contribution in [2.45, 2.75) is 219 Å². The summed E-state index contributed by atoms with van der Waals surface area (Å²) in [6.07, 6.45) is 37.2. The minimum Gasteiger partial charge on any atom is -0.463 e. The van der Waals surface area contributed by atoms with Gasteiger partial charge in [-0.2, -0.15) is 0 Å². The molecule has 0 rings (SSSR count). The van der Waals surface area contributed by atoms with Crippen LogP contribution in [-0.4, -0.2) is 36.4 Å². The van der Waals surface area contributed by atoms with Crippen LogP contribution in [0.5, 0.6) is 0 Å². The average molecular weight is 611 g/mol. The molecule has 1 N–H and O–H groups in total. The van der Waals surface area contributed by atoms with E-state index in [1.165, 1.54) is 161 Å². The Labute approximate surface area is 268 Å². The van der Waals surface area contributed by atoms with E-state index in [-0.39, 0.29) is 25.2 Å². The Balaban J connectivity index is 3.38. The van der Waals surface area contributed by atoms with Gasteiger partial charge in [-0.25, -0.2) is 0 Å². The summed E-state index contributed by atoms with van der Waals surface area (Å²) in [6, 6.07) is 0. The quantitative estimate of drug-likeness (QED) is 0.0571. The van der Waals surface area contributed by atoms with Gasteiger partial charge in [-0.3, -0.25) is 9.59 Å². The lowest BCUT2D eigenvalue weighted by atomic mass is 10.0. The van der Waals surface area contributed by atoms with Crippen LogP contribution in [0, 0.1) is 0 Å². The Hall–Kier alpha value is -1.10. The van der Waals surface area contributed by atoms with Gasteiger partial charge in [-0.1, -0.05) is 187 Å². The average Bonchev–Trinajstić information content (AvgIpc) is 3.01. The molecule has 0 saturated heterocycles. The van der Waals surface area contributed by atoms with Crippen molar-refractivity contribution in [3.05, 3.63) is 0 Å². The van der Waals surface area contributed by atoms with Gasteiger partial charge in [0.15, 0.2) is 0 Å². The monoisotopic (exact) mass is 611 g/mol. The third kappa shape index (κ3) is 35.3. The number of carbonyl (C=O) groups excluding carboxylic acids is 2. The fourth-order valence-electron chi connectivity index (χ4n) is 5.68. The number of aliphatic hydroxyl groups excluding tert-OH is 1. The molecule has 5 nitrogen and oxygen atoms in total. The number of unbranched alkanes of at least 4 members (excludes halogenated alkanes) is 27. The topological polar surface area (TPSA) is 72.8 Å². The van der Waals surface area contributed by atoms with E-state index in [2.05, 4.69) is 13.8 Å². The molecule has 0 aliphatic heterocycles. The van der Waals surface area contributed by atoms with Gasteiger partial charge < -0.3 is 14.6 Å². The molecule has 0 aromatic carbocycles. The fourth-order valence-corrected chi connectivity index (χ4v) is 5.68. The Bertz CT molecular complexity index is 579. The zero-order chi connectivity index (χ0) is 31.5. The van der Waals surface area contributed by atoms with E-state index < -0.39 is 6.10 Å². The number of hydrogen-bond donors (Lipinski definition) is 1. The molecule has 0 aromatic heterocycles. The molecule has 0 heterocycles. The number of carbonyl (C=O) groups is 2. The molecule has 0 unspecified atom stereocenters. The first-order chi connectivity index (χ1) is 21.1. The lowest BCUT2D eigenvalue weighted by Gasteiger charge is -2.12. The van der Waals surface area contributed by atoms with E-state index in [1.807, 2.05) is 0 Å². The Morgan fingerprint density at radius 1 is 0.395 bits per heavy atom. The van der Waals surface area contributed by atoms with E-state index in [0.717, 1.165) is 25.7 Å². The summed E-state index contributed by atoms with van der Waals surface area (Å²) in [4.78, 5) is 23.9. The minimum absolute atomic E-state index is 0.107. The predicted molar refractivity (Wildman–Crippen MR) is 182 cm³/mol. The molecule has 0 aliphatic rings. The first-order valence-electron chi connectivity index (χ1n) is 19.1. The first kappa shape index (κ1) is 41.9. The van der Waals surface area contributed by atoms with Crippen LogP contribution in [0.25, 0.3) is 0 Å². The molecule has 5 heteroatoms. The second kappa shape index (κ2) is 35.4. The van der Waals surface area contributed by atoms with Gasteiger partial charge in [0, 0.05) is 12.8 Å². The van der Waals surface area contributed by atoms with Crippen LogP contribution in [0.3, 0.4) is 0 Å². The molecule has 1 atom stereocenters. The second-order valence-corrected chi connectivity index (χ2v) is 13.1. The normalized spacial score (nSPS) is 12.0. The van der Waals surface area contributed by atoms with Crippen LogP contribution in [0.2, 0.25) is 0 Å². The van der Waals surface area contributed by atoms with Gasteiger partial charge in [0.1, 0.15) is 19.3 Å². The molecule has 0 bridgehead atoms. The van der Waals surface area contributed by atoms with Crippen molar-refractivity contribution in [2.24, 2.45) is 0 Å². The van der Waals surface area contributed by atoms with Gasteiger partial charge in [0.05, 0.1) is 0 Å². The largest absolute Gasteiger partial charge is 0.463 e. The number of hydrogen-bond acceptors (Lipinski definition) is 5. The molecule has 0 spiro atoms. The Kier molecular flexibility index (Phi) is 34.5. The number of aliphatic hydroxyl groups is 1. The van der Waals surface area contributed by atoms with E-state index in [1.54, 1.807) is 0 Å². The lowest BCUT2D eigenvalue weighted by molar-refractivity contribution is -0.152. The zero-order valence-electron chi connectivity index (χ0n) is 29.0. The molecule has 256 valence electrons. The maximum absolute atomic E-state index is 11.9. The molecule has 0 saturated carbocycles. The summed E-state index contributed by atoms with van der Waals surface area (Å²) in [5.41, 5.74) is 0. The molecule has 0 radical (unpaired) electrons. The summed E-state index contributed by atoms with van der Waals surface area (Å²) >= 11 is 0. The summed E-state index contributed by atoms with van der Waals surface area (Å²) in [7, 11) is 0. The highest BCUT2D eigenvalue weighted by Crippen LogP contribution is 2.15. The number of rotatable bonds is 35. The summed E-state index contributed by atoms with van der Waals surface area (Å²) in [5.74, 6) is -0.552. The van der Waals surface area contributed by atoms with Crippen molar-refractivity contribution in [1.29, 1.82) is 0 Å². The van der Waals surface area contributed by atoms with Gasteiger partial charge >= 0.3 is 11.9 Å². The van der Waals surface area contributed by atoms with E-state index in [9.17, 15) is 14.7 Å². The summed E-state index contributed by atoms with van der Waals surface area (Å²) in [6.45, 7) is 4.32. The van der Waals surface area contributed by atoms with Gasteiger partial charge in [0.2, 0.25) is 0 Å². The van der Waals surface area contributed by atoms with Gasteiger partial charge in [0.25, 0.3) is 0 Å². The zero-order valence-corrected chi connectivity index (χ0v) is 29.0. The Morgan fingerprint density at radius 3 is 0.837 bits per heavy atom. The molecular formula is C38H74O5. The second-order valence-electron chi connectivity index (χ2n) is 13.1. The summed E-state index contributed by atoms with van der Waals surface area (Å²) in [5, 5.41) is 9.99. The van der Waals surface area contributed by atoms with Crippen molar-refractivity contribution in [1.82, 2.24) is 0 Å². The lowest BCUT2D eigenvalue weighted by Crippen LogP contribution is -2.25. The number of ether oxygens (including phenoxy) is 2. The van der Waals surface area contributed by atoms with E-state index in [0.29, 0.717) is 12.8 Å².